The molecule has 1 aliphatic rings. The third-order valence-electron chi connectivity index (χ3n) is 3.85. The fraction of sp³-hybridized carbons (Fsp3) is 0.471. The fourth-order valence-corrected chi connectivity index (χ4v) is 2.74. The van der Waals surface area contributed by atoms with E-state index in [0.717, 1.165) is 37.5 Å². The van der Waals surface area contributed by atoms with Gasteiger partial charge in [-0.3, -0.25) is 9.69 Å². The summed E-state index contributed by atoms with van der Waals surface area (Å²) in [6.07, 6.45) is 5.58. The van der Waals surface area contributed by atoms with Crippen LogP contribution in [-0.2, 0) is 22.6 Å². The molecule has 2 aromatic heterocycles. The Labute approximate surface area is 135 Å². The molecule has 6 heteroatoms. The summed E-state index contributed by atoms with van der Waals surface area (Å²) in [4.78, 5) is 14.2. The van der Waals surface area contributed by atoms with Crippen LogP contribution in [0.4, 0.5) is 0 Å². The molecule has 1 atom stereocenters. The second kappa shape index (κ2) is 7.99. The van der Waals surface area contributed by atoms with Crippen molar-refractivity contribution in [2.75, 3.05) is 19.7 Å². The summed E-state index contributed by atoms with van der Waals surface area (Å²) in [6.45, 7) is 2.85. The number of carbonyl (C=O) groups is 1. The third-order valence-corrected chi connectivity index (χ3v) is 3.85. The smallest absolute Gasteiger partial charge is 0.234 e. The maximum absolute atomic E-state index is 12.2. The van der Waals surface area contributed by atoms with Crippen molar-refractivity contribution in [3.8, 4) is 0 Å². The van der Waals surface area contributed by atoms with Crippen molar-refractivity contribution < 1.29 is 18.4 Å². The Morgan fingerprint density at radius 1 is 1.22 bits per heavy atom. The largest absolute Gasteiger partial charge is 0.468 e. The topological polar surface area (TPSA) is 67.9 Å². The highest BCUT2D eigenvalue weighted by molar-refractivity contribution is 5.77. The molecule has 1 aliphatic heterocycles. The van der Waals surface area contributed by atoms with Gasteiger partial charge in [0, 0.05) is 13.2 Å². The summed E-state index contributed by atoms with van der Waals surface area (Å²) in [5.41, 5.74) is 0. The highest BCUT2D eigenvalue weighted by atomic mass is 16.5. The van der Waals surface area contributed by atoms with E-state index in [0.29, 0.717) is 19.6 Å². The van der Waals surface area contributed by atoms with Gasteiger partial charge < -0.3 is 18.9 Å². The average molecular weight is 318 g/mol. The van der Waals surface area contributed by atoms with Crippen LogP contribution in [0.25, 0.3) is 0 Å². The van der Waals surface area contributed by atoms with Crippen LogP contribution < -0.4 is 5.32 Å². The monoisotopic (exact) mass is 318 g/mol. The summed E-state index contributed by atoms with van der Waals surface area (Å²) in [5, 5.41) is 2.87. The van der Waals surface area contributed by atoms with E-state index in [-0.39, 0.29) is 12.0 Å². The molecule has 3 rings (SSSR count). The zero-order chi connectivity index (χ0) is 15.9. The zero-order valence-corrected chi connectivity index (χ0v) is 13.1. The van der Waals surface area contributed by atoms with Crippen molar-refractivity contribution in [3.63, 3.8) is 0 Å². The van der Waals surface area contributed by atoms with E-state index in [2.05, 4.69) is 10.2 Å². The molecule has 0 saturated carbocycles. The number of hydrogen-bond acceptors (Lipinski definition) is 5. The quantitative estimate of drug-likeness (QED) is 0.808. The number of nitrogens with one attached hydrogen (secondary N) is 1. The first-order chi connectivity index (χ1) is 11.3. The molecule has 23 heavy (non-hydrogen) atoms. The van der Waals surface area contributed by atoms with Gasteiger partial charge in [0.1, 0.15) is 11.5 Å². The first-order valence-corrected chi connectivity index (χ1v) is 7.95. The van der Waals surface area contributed by atoms with Crippen LogP contribution in [0.15, 0.2) is 45.6 Å². The minimum atomic E-state index is -0.0362. The predicted molar refractivity (Wildman–Crippen MR) is 83.5 cm³/mol. The maximum Gasteiger partial charge on any atom is 0.234 e. The zero-order valence-electron chi connectivity index (χ0n) is 13.1. The second-order valence-corrected chi connectivity index (χ2v) is 5.74. The van der Waals surface area contributed by atoms with Crippen molar-refractivity contribution in [2.45, 2.75) is 32.0 Å². The van der Waals surface area contributed by atoms with E-state index >= 15 is 0 Å². The Hall–Kier alpha value is -2.05. The maximum atomic E-state index is 12.2. The first-order valence-electron chi connectivity index (χ1n) is 7.95. The number of carbonyl (C=O) groups excluding carboxylic acids is 1. The minimum Gasteiger partial charge on any atom is -0.468 e. The van der Waals surface area contributed by atoms with Gasteiger partial charge in [-0.15, -0.1) is 0 Å². The lowest BCUT2D eigenvalue weighted by Crippen LogP contribution is -2.40. The van der Waals surface area contributed by atoms with Crippen LogP contribution in [0.1, 0.15) is 24.4 Å². The van der Waals surface area contributed by atoms with Crippen molar-refractivity contribution in [2.24, 2.45) is 0 Å². The lowest BCUT2D eigenvalue weighted by Gasteiger charge is -2.23. The number of hydrogen-bond donors (Lipinski definition) is 1. The van der Waals surface area contributed by atoms with Crippen molar-refractivity contribution in [3.05, 3.63) is 48.3 Å². The van der Waals surface area contributed by atoms with Gasteiger partial charge in [0.15, 0.2) is 0 Å². The highest BCUT2D eigenvalue weighted by Gasteiger charge is 2.21. The molecule has 1 unspecified atom stereocenters. The summed E-state index contributed by atoms with van der Waals surface area (Å²) < 4.78 is 16.3. The molecule has 0 radical (unpaired) electrons. The number of amides is 1. The molecule has 2 aromatic rings. The van der Waals surface area contributed by atoms with Crippen LogP contribution >= 0.6 is 0 Å². The van der Waals surface area contributed by atoms with Crippen LogP contribution in [0.3, 0.4) is 0 Å². The van der Waals surface area contributed by atoms with Gasteiger partial charge in [0.05, 0.1) is 38.3 Å². The third kappa shape index (κ3) is 4.97. The Kier molecular flexibility index (Phi) is 5.50. The molecule has 3 heterocycles. The van der Waals surface area contributed by atoms with Gasteiger partial charge in [-0.1, -0.05) is 0 Å². The SMILES string of the molecule is O=C(CN(Cc1ccco1)CC1CCCO1)NCc1ccco1. The van der Waals surface area contributed by atoms with Crippen LogP contribution in [0.2, 0.25) is 0 Å². The van der Waals surface area contributed by atoms with Crippen LogP contribution in [0.5, 0.6) is 0 Å². The molecule has 6 nitrogen and oxygen atoms in total. The van der Waals surface area contributed by atoms with Crippen LogP contribution in [0, 0.1) is 0 Å². The van der Waals surface area contributed by atoms with Crippen LogP contribution in [-0.4, -0.2) is 36.6 Å². The van der Waals surface area contributed by atoms with Gasteiger partial charge in [0.2, 0.25) is 5.91 Å². The van der Waals surface area contributed by atoms with Gasteiger partial charge in [-0.05, 0) is 37.1 Å². The Bertz CT molecular complexity index is 574. The number of furan rings is 2. The minimum absolute atomic E-state index is 0.0362. The van der Waals surface area contributed by atoms with E-state index < -0.39 is 0 Å². The summed E-state index contributed by atoms with van der Waals surface area (Å²) in [5.74, 6) is 1.56. The van der Waals surface area contributed by atoms with Gasteiger partial charge in [-0.2, -0.15) is 0 Å². The fourth-order valence-electron chi connectivity index (χ4n) is 2.74. The predicted octanol–water partition coefficient (Wildman–Crippen LogP) is 2.17. The average Bonchev–Trinajstić information content (AvgIpc) is 3.29. The molecular weight excluding hydrogens is 296 g/mol. The summed E-state index contributed by atoms with van der Waals surface area (Å²) in [6, 6.07) is 7.43. The van der Waals surface area contributed by atoms with Gasteiger partial charge in [-0.25, -0.2) is 0 Å². The highest BCUT2D eigenvalue weighted by Crippen LogP contribution is 2.15. The molecule has 0 bridgehead atoms. The van der Waals surface area contributed by atoms with Gasteiger partial charge >= 0.3 is 0 Å². The molecule has 1 N–H and O–H groups in total. The van der Waals surface area contributed by atoms with E-state index in [1.807, 2.05) is 24.3 Å². The Morgan fingerprint density at radius 3 is 2.65 bits per heavy atom. The Morgan fingerprint density at radius 2 is 2.00 bits per heavy atom. The summed E-state index contributed by atoms with van der Waals surface area (Å²) in [7, 11) is 0. The Balaban J connectivity index is 1.52. The van der Waals surface area contributed by atoms with E-state index in [9.17, 15) is 4.79 Å². The standard InChI is InChI=1S/C17H22N2O4/c20-17(18-10-14-4-1-7-21-14)13-19(11-15-5-2-8-22-15)12-16-6-3-9-23-16/h1-2,4-5,7-8,16H,3,6,9-13H2,(H,18,20). The summed E-state index contributed by atoms with van der Waals surface area (Å²) >= 11 is 0. The molecule has 1 fully saturated rings. The van der Waals surface area contributed by atoms with E-state index in [1.54, 1.807) is 12.5 Å². The second-order valence-electron chi connectivity index (χ2n) is 5.74. The number of ether oxygens (including phenoxy) is 1. The lowest BCUT2D eigenvalue weighted by molar-refractivity contribution is -0.123. The first kappa shape index (κ1) is 15.8. The molecular formula is C17H22N2O4. The lowest BCUT2D eigenvalue weighted by atomic mass is 10.2. The van der Waals surface area contributed by atoms with Crippen molar-refractivity contribution >= 4 is 5.91 Å². The number of nitrogens with zero attached hydrogens (tertiary/aromatic N) is 1. The normalized spacial score (nSPS) is 17.7. The molecule has 124 valence electrons. The van der Waals surface area contributed by atoms with Crippen molar-refractivity contribution in [1.29, 1.82) is 0 Å². The number of rotatable bonds is 8. The van der Waals surface area contributed by atoms with Gasteiger partial charge in [0.25, 0.3) is 0 Å². The van der Waals surface area contributed by atoms with E-state index in [1.165, 1.54) is 0 Å². The van der Waals surface area contributed by atoms with Crippen molar-refractivity contribution in [1.82, 2.24) is 10.2 Å². The molecule has 0 spiro atoms. The van der Waals surface area contributed by atoms with E-state index in [4.69, 9.17) is 13.6 Å². The molecule has 0 aromatic carbocycles. The molecule has 1 amide bonds. The molecule has 0 aliphatic carbocycles. The molecule has 1 saturated heterocycles.